The molecule has 0 aliphatic carbocycles. The van der Waals surface area contributed by atoms with E-state index >= 15 is 0 Å². The van der Waals surface area contributed by atoms with E-state index in [1.807, 2.05) is 49.3 Å². The molecular formula is C27H26FN5O2. The maximum absolute atomic E-state index is 13.8. The number of anilines is 3. The molecule has 0 radical (unpaired) electrons. The van der Waals surface area contributed by atoms with Crippen LogP contribution in [0.4, 0.5) is 21.7 Å². The molecule has 1 amide bonds. The van der Waals surface area contributed by atoms with Crippen molar-refractivity contribution in [2.45, 2.75) is 0 Å². The van der Waals surface area contributed by atoms with Crippen LogP contribution in [-0.4, -0.2) is 48.0 Å². The van der Waals surface area contributed by atoms with Gasteiger partial charge in [-0.15, -0.1) is 0 Å². The molecule has 0 atom stereocenters. The number of aromatic nitrogens is 2. The third-order valence-corrected chi connectivity index (χ3v) is 5.22. The summed E-state index contributed by atoms with van der Waals surface area (Å²) in [6.07, 6.45) is 2.91. The zero-order chi connectivity index (χ0) is 24.8. The van der Waals surface area contributed by atoms with Gasteiger partial charge in [-0.25, -0.2) is 14.4 Å². The van der Waals surface area contributed by atoms with Gasteiger partial charge in [-0.1, -0.05) is 36.9 Å². The van der Waals surface area contributed by atoms with Crippen molar-refractivity contribution in [1.29, 1.82) is 0 Å². The van der Waals surface area contributed by atoms with E-state index in [9.17, 15) is 9.18 Å². The Hall–Kier alpha value is -4.30. The van der Waals surface area contributed by atoms with Crippen LogP contribution in [0.3, 0.4) is 0 Å². The number of nitrogens with zero attached hydrogens (tertiary/aromatic N) is 3. The molecule has 0 saturated carbocycles. The summed E-state index contributed by atoms with van der Waals surface area (Å²) in [6.45, 7) is 4.71. The van der Waals surface area contributed by atoms with Crippen LogP contribution in [0.5, 0.6) is 5.75 Å². The molecule has 0 unspecified atom stereocenters. The summed E-state index contributed by atoms with van der Waals surface area (Å²) < 4.78 is 19.7. The van der Waals surface area contributed by atoms with E-state index in [2.05, 4.69) is 27.2 Å². The zero-order valence-corrected chi connectivity index (χ0v) is 19.6. The molecule has 0 fully saturated rings. The molecule has 2 N–H and O–H groups in total. The van der Waals surface area contributed by atoms with Crippen LogP contribution in [0.2, 0.25) is 0 Å². The van der Waals surface area contributed by atoms with E-state index in [0.29, 0.717) is 35.2 Å². The molecule has 35 heavy (non-hydrogen) atoms. The van der Waals surface area contributed by atoms with Gasteiger partial charge in [-0.05, 0) is 56.1 Å². The van der Waals surface area contributed by atoms with E-state index in [1.54, 1.807) is 24.4 Å². The third kappa shape index (κ3) is 5.99. The highest BCUT2D eigenvalue weighted by Gasteiger charge is 2.11. The number of para-hydroxylation sites is 1. The minimum absolute atomic E-state index is 0.311. The number of hydrogen-bond acceptors (Lipinski definition) is 6. The average molecular weight is 472 g/mol. The number of halogens is 1. The Kier molecular flexibility index (Phi) is 7.32. The van der Waals surface area contributed by atoms with E-state index < -0.39 is 0 Å². The quantitative estimate of drug-likeness (QED) is 0.325. The molecule has 7 nitrogen and oxygen atoms in total. The second kappa shape index (κ2) is 10.8. The Morgan fingerprint density at radius 3 is 2.74 bits per heavy atom. The minimum Gasteiger partial charge on any atom is -0.490 e. The second-order valence-electron chi connectivity index (χ2n) is 8.13. The first-order chi connectivity index (χ1) is 16.9. The summed E-state index contributed by atoms with van der Waals surface area (Å²) in [4.78, 5) is 23.1. The third-order valence-electron chi connectivity index (χ3n) is 5.22. The summed E-state index contributed by atoms with van der Waals surface area (Å²) >= 11 is 0. The van der Waals surface area contributed by atoms with Crippen molar-refractivity contribution < 1.29 is 13.9 Å². The van der Waals surface area contributed by atoms with Crippen LogP contribution in [-0.2, 0) is 4.79 Å². The zero-order valence-electron chi connectivity index (χ0n) is 19.6. The smallest absolute Gasteiger partial charge is 0.247 e. The standard InChI is InChI=1S/C27H26FN5O2/c1-4-25(34)31-23-16-21(11-12-24(23)35-14-13-33(2)3)30-27-29-17-19-8-6-10-22(26(19)32-27)18-7-5-9-20(28)15-18/h4-12,15-17H,1,13-14H2,2-3H3,(H,31,34)(H,29,30,32). The maximum atomic E-state index is 13.8. The summed E-state index contributed by atoms with van der Waals surface area (Å²) in [5, 5.41) is 6.79. The number of ether oxygens (including phenoxy) is 1. The summed E-state index contributed by atoms with van der Waals surface area (Å²) in [5.74, 6) is 0.249. The first-order valence-electron chi connectivity index (χ1n) is 11.1. The number of rotatable bonds is 9. The fraction of sp³-hybridized carbons (Fsp3) is 0.148. The van der Waals surface area contributed by atoms with E-state index in [4.69, 9.17) is 4.74 Å². The molecule has 3 aromatic carbocycles. The number of carbonyl (C=O) groups excluding carboxylic acids is 1. The van der Waals surface area contributed by atoms with Crippen molar-refractivity contribution in [2.75, 3.05) is 37.9 Å². The number of carbonyl (C=O) groups is 1. The average Bonchev–Trinajstić information content (AvgIpc) is 2.84. The number of likely N-dealkylation sites (N-methyl/N-ethyl adjacent to an activating group) is 1. The molecule has 1 heterocycles. The van der Waals surface area contributed by atoms with Gasteiger partial charge < -0.3 is 20.3 Å². The van der Waals surface area contributed by atoms with Gasteiger partial charge >= 0.3 is 0 Å². The molecule has 0 spiro atoms. The van der Waals surface area contributed by atoms with Gasteiger partial charge in [-0.3, -0.25) is 4.79 Å². The number of amides is 1. The highest BCUT2D eigenvalue weighted by molar-refractivity contribution is 6.00. The van der Waals surface area contributed by atoms with Crippen LogP contribution in [0.25, 0.3) is 22.0 Å². The Bertz CT molecular complexity index is 1370. The lowest BCUT2D eigenvalue weighted by molar-refractivity contribution is -0.111. The van der Waals surface area contributed by atoms with Gasteiger partial charge in [0.1, 0.15) is 18.2 Å². The van der Waals surface area contributed by atoms with Gasteiger partial charge in [0.2, 0.25) is 11.9 Å². The van der Waals surface area contributed by atoms with E-state index in [1.165, 1.54) is 18.2 Å². The monoisotopic (exact) mass is 471 g/mol. The number of benzene rings is 3. The molecule has 0 saturated heterocycles. The lowest BCUT2D eigenvalue weighted by Crippen LogP contribution is -2.20. The summed E-state index contributed by atoms with van der Waals surface area (Å²) in [5.41, 5.74) is 3.39. The fourth-order valence-corrected chi connectivity index (χ4v) is 3.49. The minimum atomic E-state index is -0.346. The molecule has 4 aromatic rings. The van der Waals surface area contributed by atoms with Crippen molar-refractivity contribution in [3.63, 3.8) is 0 Å². The van der Waals surface area contributed by atoms with Gasteiger partial charge in [0.05, 0.1) is 11.2 Å². The topological polar surface area (TPSA) is 79.4 Å². The Labute approximate surface area is 203 Å². The largest absolute Gasteiger partial charge is 0.490 e. The normalized spacial score (nSPS) is 10.9. The van der Waals surface area contributed by atoms with E-state index in [-0.39, 0.29) is 11.7 Å². The van der Waals surface area contributed by atoms with E-state index in [0.717, 1.165) is 23.1 Å². The van der Waals surface area contributed by atoms with Gasteiger partial charge in [-0.2, -0.15) is 0 Å². The summed E-state index contributed by atoms with van der Waals surface area (Å²) in [7, 11) is 3.92. The SMILES string of the molecule is C=CC(=O)Nc1cc(Nc2ncc3cccc(-c4cccc(F)c4)c3n2)ccc1OCCN(C)C. The summed E-state index contributed by atoms with van der Waals surface area (Å²) in [6, 6.07) is 17.4. The Morgan fingerprint density at radius 1 is 1.14 bits per heavy atom. The predicted octanol–water partition coefficient (Wildman–Crippen LogP) is 5.24. The van der Waals surface area contributed by atoms with Crippen molar-refractivity contribution in [2.24, 2.45) is 0 Å². The van der Waals surface area contributed by atoms with Crippen LogP contribution in [0, 0.1) is 5.82 Å². The second-order valence-corrected chi connectivity index (χ2v) is 8.13. The van der Waals surface area contributed by atoms with Gasteiger partial charge in [0.25, 0.3) is 0 Å². The lowest BCUT2D eigenvalue weighted by atomic mass is 10.0. The Balaban J connectivity index is 1.64. The number of hydrogen-bond donors (Lipinski definition) is 2. The first-order valence-corrected chi connectivity index (χ1v) is 11.1. The highest BCUT2D eigenvalue weighted by Crippen LogP contribution is 2.31. The van der Waals surface area contributed by atoms with Crippen molar-refractivity contribution >= 4 is 34.1 Å². The molecule has 1 aromatic heterocycles. The van der Waals surface area contributed by atoms with Crippen LogP contribution in [0.1, 0.15) is 0 Å². The molecule has 8 heteroatoms. The molecule has 0 aliphatic heterocycles. The fourth-order valence-electron chi connectivity index (χ4n) is 3.49. The van der Waals surface area contributed by atoms with Crippen molar-refractivity contribution in [3.8, 4) is 16.9 Å². The van der Waals surface area contributed by atoms with Crippen molar-refractivity contribution in [3.05, 3.63) is 85.3 Å². The molecule has 0 bridgehead atoms. The molecule has 4 rings (SSSR count). The van der Waals surface area contributed by atoms with Crippen LogP contribution < -0.4 is 15.4 Å². The lowest BCUT2D eigenvalue weighted by Gasteiger charge is -2.16. The first kappa shape index (κ1) is 23.8. The number of fused-ring (bicyclic) bond motifs is 1. The highest BCUT2D eigenvalue weighted by atomic mass is 19.1. The molecular weight excluding hydrogens is 445 g/mol. The Morgan fingerprint density at radius 2 is 1.97 bits per heavy atom. The molecule has 178 valence electrons. The molecule has 0 aliphatic rings. The van der Waals surface area contributed by atoms with Gasteiger partial charge in [0.15, 0.2) is 0 Å². The van der Waals surface area contributed by atoms with Crippen molar-refractivity contribution in [1.82, 2.24) is 14.9 Å². The predicted molar refractivity (Wildman–Crippen MR) is 138 cm³/mol. The number of nitrogens with one attached hydrogen (secondary N) is 2. The van der Waals surface area contributed by atoms with Crippen LogP contribution in [0.15, 0.2) is 79.5 Å². The van der Waals surface area contributed by atoms with Crippen LogP contribution >= 0.6 is 0 Å². The van der Waals surface area contributed by atoms with Gasteiger partial charge in [0, 0.05) is 29.4 Å². The maximum Gasteiger partial charge on any atom is 0.247 e.